The zero-order valence-corrected chi connectivity index (χ0v) is 17.5. The smallest absolute Gasteiger partial charge is 0.106 e. The quantitative estimate of drug-likeness (QED) is 0.316. The van der Waals surface area contributed by atoms with Gasteiger partial charge in [-0.15, -0.1) is 6.58 Å². The number of hydrogen-bond donors (Lipinski definition) is 1. The molecule has 1 N–H and O–H groups in total. The van der Waals surface area contributed by atoms with Crippen molar-refractivity contribution in [3.8, 4) is 0 Å². The molecule has 0 fully saturated rings. The minimum absolute atomic E-state index is 0.0200. The number of hydrogen-bond acceptors (Lipinski definition) is 3. The van der Waals surface area contributed by atoms with Gasteiger partial charge in [-0.25, -0.2) is 0 Å². The van der Waals surface area contributed by atoms with Crippen LogP contribution in [0.3, 0.4) is 0 Å². The van der Waals surface area contributed by atoms with E-state index in [-0.39, 0.29) is 18.3 Å². The first kappa shape index (κ1) is 22.9. The van der Waals surface area contributed by atoms with Crippen molar-refractivity contribution >= 4 is 0 Å². The van der Waals surface area contributed by atoms with Crippen molar-refractivity contribution in [3.05, 3.63) is 60.7 Å². The molecule has 0 bridgehead atoms. The summed E-state index contributed by atoms with van der Waals surface area (Å²) in [6, 6.07) is 10.2. The highest BCUT2D eigenvalue weighted by Gasteiger charge is 2.30. The Labute approximate surface area is 171 Å². The summed E-state index contributed by atoms with van der Waals surface area (Å²) in [7, 11) is 0. The van der Waals surface area contributed by atoms with Gasteiger partial charge in [0.1, 0.15) is 18.3 Å². The Hall–Kier alpha value is -1.42. The first-order valence-electron chi connectivity index (χ1n) is 11.0. The second-order valence-electron chi connectivity index (χ2n) is 7.78. The summed E-state index contributed by atoms with van der Waals surface area (Å²) in [5.41, 5.74) is 1.16. The summed E-state index contributed by atoms with van der Waals surface area (Å²) in [5, 5.41) is 10.1. The Morgan fingerprint density at radius 1 is 1.04 bits per heavy atom. The molecule has 0 spiro atoms. The summed E-state index contributed by atoms with van der Waals surface area (Å²) in [4.78, 5) is 0. The van der Waals surface area contributed by atoms with Crippen LogP contribution in [0.5, 0.6) is 0 Å². The molecule has 4 atom stereocenters. The molecule has 1 heterocycles. The van der Waals surface area contributed by atoms with Gasteiger partial charge in [0.05, 0.1) is 12.7 Å². The molecule has 1 aliphatic heterocycles. The molecule has 3 nitrogen and oxygen atoms in total. The maximum Gasteiger partial charge on any atom is 0.106 e. The first-order valence-corrected chi connectivity index (χ1v) is 11.0. The van der Waals surface area contributed by atoms with Crippen LogP contribution in [0, 0.1) is 0 Å². The van der Waals surface area contributed by atoms with E-state index in [9.17, 15) is 5.11 Å². The van der Waals surface area contributed by atoms with Gasteiger partial charge < -0.3 is 14.6 Å². The van der Waals surface area contributed by atoms with Crippen molar-refractivity contribution in [3.63, 3.8) is 0 Å². The Morgan fingerprint density at radius 3 is 2.39 bits per heavy atom. The van der Waals surface area contributed by atoms with E-state index < -0.39 is 6.10 Å². The van der Waals surface area contributed by atoms with E-state index in [1.807, 2.05) is 24.3 Å². The highest BCUT2D eigenvalue weighted by Crippen LogP contribution is 2.24. The van der Waals surface area contributed by atoms with Crippen molar-refractivity contribution in [1.29, 1.82) is 0 Å². The van der Waals surface area contributed by atoms with Crippen LogP contribution in [-0.2, 0) is 16.1 Å². The molecule has 1 aliphatic rings. The molecule has 28 heavy (non-hydrogen) atoms. The molecule has 2 rings (SSSR count). The Bertz CT molecular complexity index is 554. The third-order valence-corrected chi connectivity index (χ3v) is 5.39. The number of rotatable bonds is 14. The normalized spacial score (nSPS) is 22.9. The van der Waals surface area contributed by atoms with E-state index in [1.165, 1.54) is 51.0 Å². The predicted molar refractivity (Wildman–Crippen MR) is 116 cm³/mol. The first-order chi connectivity index (χ1) is 13.7. The van der Waals surface area contributed by atoms with Crippen molar-refractivity contribution in [1.82, 2.24) is 0 Å². The van der Waals surface area contributed by atoms with Crippen LogP contribution in [0.25, 0.3) is 0 Å². The molecule has 0 saturated carbocycles. The average Bonchev–Trinajstić information content (AvgIpc) is 2.74. The van der Waals surface area contributed by atoms with E-state index in [4.69, 9.17) is 9.47 Å². The molecular formula is C25H38O3. The summed E-state index contributed by atoms with van der Waals surface area (Å²) >= 11 is 0. The zero-order valence-electron chi connectivity index (χ0n) is 17.5. The fourth-order valence-corrected chi connectivity index (χ4v) is 3.64. The summed E-state index contributed by atoms with van der Waals surface area (Å²) in [6.45, 7) is 6.50. The third kappa shape index (κ3) is 8.30. The molecule has 3 heteroatoms. The van der Waals surface area contributed by atoms with Crippen LogP contribution >= 0.6 is 0 Å². The second kappa shape index (κ2) is 13.7. The highest BCUT2D eigenvalue weighted by atomic mass is 16.6. The largest absolute Gasteiger partial charge is 0.386 e. The summed E-state index contributed by atoms with van der Waals surface area (Å²) in [6.07, 6.45) is 15.7. The number of aliphatic hydroxyl groups excluding tert-OH is 1. The van der Waals surface area contributed by atoms with Gasteiger partial charge in [0.2, 0.25) is 0 Å². The van der Waals surface area contributed by atoms with Gasteiger partial charge in [0.25, 0.3) is 0 Å². The third-order valence-electron chi connectivity index (χ3n) is 5.39. The standard InChI is InChI=1S/C25H38O3/c1-3-5-6-7-8-9-10-14-17-25-24(19-18-23(28-25)22(26)4-2)27-20-21-15-12-11-13-16-21/h4,11-13,15-16,18-19,22-26H,2-3,5-10,14,17,20H2,1H3/t22-,23-,24+,25?/m0/s1. The predicted octanol–water partition coefficient (Wildman–Crippen LogP) is 5.97. The van der Waals surface area contributed by atoms with Crippen LogP contribution in [-0.4, -0.2) is 29.5 Å². The SMILES string of the molecule is C=C[C@H](O)[C@@H]1C=C[C@@H](OCc2ccccc2)C(CCCCCCCCCC)O1. The summed E-state index contributed by atoms with van der Waals surface area (Å²) in [5.74, 6) is 0. The van der Waals surface area contributed by atoms with Crippen LogP contribution < -0.4 is 0 Å². The van der Waals surface area contributed by atoms with Crippen LogP contribution in [0.2, 0.25) is 0 Å². The van der Waals surface area contributed by atoms with E-state index in [2.05, 4.69) is 31.7 Å². The van der Waals surface area contributed by atoms with Crippen molar-refractivity contribution in [2.24, 2.45) is 0 Å². The Balaban J connectivity index is 1.79. The van der Waals surface area contributed by atoms with Crippen molar-refractivity contribution < 1.29 is 14.6 Å². The molecule has 1 unspecified atom stereocenters. The van der Waals surface area contributed by atoms with Gasteiger partial charge >= 0.3 is 0 Å². The molecule has 0 aromatic heterocycles. The zero-order chi connectivity index (χ0) is 20.0. The highest BCUT2D eigenvalue weighted by molar-refractivity contribution is 5.14. The molecule has 1 aromatic carbocycles. The van der Waals surface area contributed by atoms with Gasteiger partial charge in [-0.3, -0.25) is 0 Å². The van der Waals surface area contributed by atoms with Crippen LogP contribution in [0.15, 0.2) is 55.1 Å². The van der Waals surface area contributed by atoms with E-state index in [0.29, 0.717) is 6.61 Å². The number of benzene rings is 1. The second-order valence-corrected chi connectivity index (χ2v) is 7.78. The monoisotopic (exact) mass is 386 g/mol. The van der Waals surface area contributed by atoms with Crippen molar-refractivity contribution in [2.45, 2.75) is 95.7 Å². The molecule has 1 aromatic rings. The molecule has 0 amide bonds. The maximum absolute atomic E-state index is 10.1. The van der Waals surface area contributed by atoms with Crippen molar-refractivity contribution in [2.75, 3.05) is 0 Å². The van der Waals surface area contributed by atoms with Gasteiger partial charge in [0, 0.05) is 0 Å². The number of aliphatic hydroxyl groups is 1. The van der Waals surface area contributed by atoms with Crippen LogP contribution in [0.4, 0.5) is 0 Å². The Morgan fingerprint density at radius 2 is 1.71 bits per heavy atom. The molecule has 0 aliphatic carbocycles. The lowest BCUT2D eigenvalue weighted by Crippen LogP contribution is -2.41. The van der Waals surface area contributed by atoms with Gasteiger partial charge in [0.15, 0.2) is 0 Å². The van der Waals surface area contributed by atoms with Gasteiger partial charge in [-0.05, 0) is 12.0 Å². The fraction of sp³-hybridized carbons (Fsp3) is 0.600. The van der Waals surface area contributed by atoms with Crippen LogP contribution in [0.1, 0.15) is 70.3 Å². The molecule has 0 radical (unpaired) electrons. The lowest BCUT2D eigenvalue weighted by atomic mass is 9.99. The van der Waals surface area contributed by atoms with Gasteiger partial charge in [-0.1, -0.05) is 107 Å². The molecular weight excluding hydrogens is 348 g/mol. The topological polar surface area (TPSA) is 38.7 Å². The lowest BCUT2D eigenvalue weighted by molar-refractivity contribution is -0.112. The molecule has 156 valence electrons. The Kier molecular flexibility index (Phi) is 11.2. The maximum atomic E-state index is 10.1. The minimum atomic E-state index is -0.674. The summed E-state index contributed by atoms with van der Waals surface area (Å²) < 4.78 is 12.3. The van der Waals surface area contributed by atoms with Gasteiger partial charge in [-0.2, -0.15) is 0 Å². The number of ether oxygens (including phenoxy) is 2. The fourth-order valence-electron chi connectivity index (χ4n) is 3.64. The minimum Gasteiger partial charge on any atom is -0.386 e. The molecule has 0 saturated heterocycles. The number of unbranched alkanes of at least 4 members (excludes halogenated alkanes) is 7. The van der Waals surface area contributed by atoms with E-state index in [0.717, 1.165) is 18.4 Å². The average molecular weight is 387 g/mol. The van der Waals surface area contributed by atoms with E-state index >= 15 is 0 Å². The van der Waals surface area contributed by atoms with E-state index in [1.54, 1.807) is 0 Å². The lowest BCUT2D eigenvalue weighted by Gasteiger charge is -2.34.